The molecule has 0 spiro atoms. The molecule has 0 bridgehead atoms. The standard InChI is InChI=1S/C16H13BrF2N2O2/c1-10(22)21(16-13(18)3-2-4-14(16)19)9-15(23)20-12-7-5-11(17)6-8-12/h2-8H,9H2,1H3,(H,20,23). The number of hydrogen-bond donors (Lipinski definition) is 1. The second kappa shape index (κ2) is 7.32. The van der Waals surface area contributed by atoms with Crippen LogP contribution in [0.4, 0.5) is 20.2 Å². The maximum atomic E-state index is 13.8. The fourth-order valence-corrected chi connectivity index (χ4v) is 2.24. The van der Waals surface area contributed by atoms with E-state index >= 15 is 0 Å². The Morgan fingerprint density at radius 1 is 1.09 bits per heavy atom. The molecule has 0 aliphatic rings. The lowest BCUT2D eigenvalue weighted by atomic mass is 10.2. The van der Waals surface area contributed by atoms with Crippen molar-refractivity contribution in [3.05, 3.63) is 58.6 Å². The van der Waals surface area contributed by atoms with Gasteiger partial charge in [-0.15, -0.1) is 0 Å². The Morgan fingerprint density at radius 3 is 2.17 bits per heavy atom. The van der Waals surface area contributed by atoms with Gasteiger partial charge in [0.15, 0.2) is 0 Å². The van der Waals surface area contributed by atoms with E-state index in [0.717, 1.165) is 28.4 Å². The van der Waals surface area contributed by atoms with Gasteiger partial charge < -0.3 is 5.32 Å². The monoisotopic (exact) mass is 382 g/mol. The third-order valence-electron chi connectivity index (χ3n) is 3.02. The fourth-order valence-electron chi connectivity index (χ4n) is 1.97. The van der Waals surface area contributed by atoms with E-state index < -0.39 is 35.7 Å². The minimum atomic E-state index is -0.906. The average molecular weight is 383 g/mol. The number of para-hydroxylation sites is 1. The molecule has 0 aliphatic heterocycles. The maximum Gasteiger partial charge on any atom is 0.244 e. The summed E-state index contributed by atoms with van der Waals surface area (Å²) in [6.45, 7) is 0.641. The van der Waals surface area contributed by atoms with Gasteiger partial charge in [-0.25, -0.2) is 8.78 Å². The number of benzene rings is 2. The molecular weight excluding hydrogens is 370 g/mol. The lowest BCUT2D eigenvalue weighted by molar-refractivity contribution is -0.120. The van der Waals surface area contributed by atoms with Gasteiger partial charge >= 0.3 is 0 Å². The number of carbonyl (C=O) groups excluding carboxylic acids is 2. The van der Waals surface area contributed by atoms with Crippen molar-refractivity contribution in [2.45, 2.75) is 6.92 Å². The van der Waals surface area contributed by atoms with E-state index in [1.54, 1.807) is 24.3 Å². The van der Waals surface area contributed by atoms with Crippen LogP contribution in [-0.4, -0.2) is 18.4 Å². The lowest BCUT2D eigenvalue weighted by Gasteiger charge is -2.21. The van der Waals surface area contributed by atoms with Crippen LogP contribution in [0.3, 0.4) is 0 Å². The molecule has 2 amide bonds. The van der Waals surface area contributed by atoms with Crippen LogP contribution < -0.4 is 10.2 Å². The highest BCUT2D eigenvalue weighted by atomic mass is 79.9. The summed E-state index contributed by atoms with van der Waals surface area (Å²) in [6, 6.07) is 10.0. The summed E-state index contributed by atoms with van der Waals surface area (Å²) in [5.41, 5.74) is -0.0262. The minimum Gasteiger partial charge on any atom is -0.325 e. The fraction of sp³-hybridized carbons (Fsp3) is 0.125. The van der Waals surface area contributed by atoms with Crippen molar-refractivity contribution >= 4 is 39.1 Å². The molecule has 2 aromatic carbocycles. The van der Waals surface area contributed by atoms with E-state index in [0.29, 0.717) is 5.69 Å². The second-order valence-corrected chi connectivity index (χ2v) is 5.65. The van der Waals surface area contributed by atoms with Gasteiger partial charge in [0.05, 0.1) is 0 Å². The molecule has 0 aliphatic carbocycles. The van der Waals surface area contributed by atoms with Crippen LogP contribution in [0.2, 0.25) is 0 Å². The van der Waals surface area contributed by atoms with Crippen molar-refractivity contribution in [3.8, 4) is 0 Å². The Labute approximate surface area is 140 Å². The number of amides is 2. The van der Waals surface area contributed by atoms with E-state index in [2.05, 4.69) is 21.2 Å². The van der Waals surface area contributed by atoms with Gasteiger partial charge in [-0.1, -0.05) is 22.0 Å². The van der Waals surface area contributed by atoms with Crippen molar-refractivity contribution in [1.82, 2.24) is 0 Å². The summed E-state index contributed by atoms with van der Waals surface area (Å²) in [5, 5.41) is 2.56. The molecule has 2 rings (SSSR count). The molecule has 7 heteroatoms. The summed E-state index contributed by atoms with van der Waals surface area (Å²) in [5.74, 6) is -3.02. The van der Waals surface area contributed by atoms with Gasteiger partial charge in [0, 0.05) is 17.1 Å². The van der Waals surface area contributed by atoms with E-state index in [9.17, 15) is 18.4 Å². The Bertz CT molecular complexity index is 715. The van der Waals surface area contributed by atoms with Gasteiger partial charge in [-0.2, -0.15) is 0 Å². The lowest BCUT2D eigenvalue weighted by Crippen LogP contribution is -2.37. The van der Waals surface area contributed by atoms with Crippen molar-refractivity contribution in [1.29, 1.82) is 0 Å². The summed E-state index contributed by atoms with van der Waals surface area (Å²) in [7, 11) is 0. The van der Waals surface area contributed by atoms with Crippen LogP contribution >= 0.6 is 15.9 Å². The Morgan fingerprint density at radius 2 is 1.65 bits per heavy atom. The molecule has 2 aromatic rings. The van der Waals surface area contributed by atoms with Gasteiger partial charge in [-0.05, 0) is 36.4 Å². The molecule has 0 aromatic heterocycles. The first kappa shape index (κ1) is 17.1. The molecule has 0 saturated carbocycles. The summed E-state index contributed by atoms with van der Waals surface area (Å²) in [4.78, 5) is 24.5. The summed E-state index contributed by atoms with van der Waals surface area (Å²) in [6.07, 6.45) is 0. The largest absolute Gasteiger partial charge is 0.325 e. The molecule has 0 saturated heterocycles. The third-order valence-corrected chi connectivity index (χ3v) is 3.55. The Balaban J connectivity index is 2.18. The number of hydrogen-bond acceptors (Lipinski definition) is 2. The molecule has 0 atom stereocenters. The second-order valence-electron chi connectivity index (χ2n) is 4.73. The molecule has 0 heterocycles. The van der Waals surface area contributed by atoms with Crippen LogP contribution in [0, 0.1) is 11.6 Å². The minimum absolute atomic E-state index is 0.497. The summed E-state index contributed by atoms with van der Waals surface area (Å²) >= 11 is 3.27. The number of rotatable bonds is 4. The molecule has 0 radical (unpaired) electrons. The highest BCUT2D eigenvalue weighted by molar-refractivity contribution is 9.10. The van der Waals surface area contributed by atoms with Crippen LogP contribution in [0.15, 0.2) is 46.9 Å². The third kappa shape index (κ3) is 4.35. The topological polar surface area (TPSA) is 49.4 Å². The van der Waals surface area contributed by atoms with Crippen molar-refractivity contribution in [2.75, 3.05) is 16.8 Å². The average Bonchev–Trinajstić information content (AvgIpc) is 2.48. The van der Waals surface area contributed by atoms with Gasteiger partial charge in [-0.3, -0.25) is 14.5 Å². The van der Waals surface area contributed by atoms with Gasteiger partial charge in [0.25, 0.3) is 0 Å². The number of anilines is 2. The quantitative estimate of drug-likeness (QED) is 0.875. The molecule has 23 heavy (non-hydrogen) atoms. The predicted octanol–water partition coefficient (Wildman–Crippen LogP) is 3.72. The highest BCUT2D eigenvalue weighted by Crippen LogP contribution is 2.23. The van der Waals surface area contributed by atoms with Crippen molar-refractivity contribution in [2.24, 2.45) is 0 Å². The molecule has 120 valence electrons. The van der Waals surface area contributed by atoms with Crippen molar-refractivity contribution in [3.63, 3.8) is 0 Å². The first-order valence-electron chi connectivity index (χ1n) is 6.66. The van der Waals surface area contributed by atoms with Crippen molar-refractivity contribution < 1.29 is 18.4 Å². The van der Waals surface area contributed by atoms with Crippen LogP contribution in [0.1, 0.15) is 6.92 Å². The normalized spacial score (nSPS) is 10.3. The zero-order valence-electron chi connectivity index (χ0n) is 12.1. The van der Waals surface area contributed by atoms with E-state index in [1.807, 2.05) is 0 Å². The molecule has 0 fully saturated rings. The zero-order valence-corrected chi connectivity index (χ0v) is 13.7. The number of carbonyl (C=O) groups is 2. The van der Waals surface area contributed by atoms with Crippen LogP contribution in [-0.2, 0) is 9.59 Å². The highest BCUT2D eigenvalue weighted by Gasteiger charge is 2.22. The maximum absolute atomic E-state index is 13.8. The Kier molecular flexibility index (Phi) is 5.44. The number of halogens is 3. The zero-order chi connectivity index (χ0) is 17.0. The molecule has 4 nitrogen and oxygen atoms in total. The molecule has 0 unspecified atom stereocenters. The van der Waals surface area contributed by atoms with Crippen LogP contribution in [0.25, 0.3) is 0 Å². The van der Waals surface area contributed by atoms with Gasteiger partial charge in [0.2, 0.25) is 11.8 Å². The predicted molar refractivity (Wildman–Crippen MR) is 87.2 cm³/mol. The van der Waals surface area contributed by atoms with E-state index in [4.69, 9.17) is 0 Å². The molecule has 1 N–H and O–H groups in total. The first-order chi connectivity index (χ1) is 10.9. The van der Waals surface area contributed by atoms with Crippen LogP contribution in [0.5, 0.6) is 0 Å². The molecular formula is C16H13BrF2N2O2. The Hall–Kier alpha value is -2.28. The smallest absolute Gasteiger partial charge is 0.244 e. The first-order valence-corrected chi connectivity index (χ1v) is 7.45. The van der Waals surface area contributed by atoms with Gasteiger partial charge in [0.1, 0.15) is 23.9 Å². The summed E-state index contributed by atoms with van der Waals surface area (Å²) < 4.78 is 28.5. The number of nitrogens with zero attached hydrogens (tertiary/aromatic N) is 1. The number of nitrogens with one attached hydrogen (secondary N) is 1. The SMILES string of the molecule is CC(=O)N(CC(=O)Nc1ccc(Br)cc1)c1c(F)cccc1F. The van der Waals surface area contributed by atoms with E-state index in [1.165, 1.54) is 6.07 Å². The van der Waals surface area contributed by atoms with E-state index in [-0.39, 0.29) is 0 Å².